The van der Waals surface area contributed by atoms with E-state index in [-0.39, 0.29) is 16.8 Å². The summed E-state index contributed by atoms with van der Waals surface area (Å²) in [4.78, 5) is 16.5. The highest BCUT2D eigenvalue weighted by Gasteiger charge is 2.19. The fourth-order valence-corrected chi connectivity index (χ4v) is 3.37. The summed E-state index contributed by atoms with van der Waals surface area (Å²) in [6.07, 6.45) is 0.845. The van der Waals surface area contributed by atoms with Gasteiger partial charge in [0.1, 0.15) is 5.82 Å². The van der Waals surface area contributed by atoms with Crippen LogP contribution in [-0.4, -0.2) is 48.3 Å². The lowest BCUT2D eigenvalue weighted by molar-refractivity contribution is -0.121. The molecule has 24 heavy (non-hydrogen) atoms. The van der Waals surface area contributed by atoms with Crippen molar-refractivity contribution in [2.75, 3.05) is 14.1 Å². The first-order chi connectivity index (χ1) is 11.1. The lowest BCUT2D eigenvalue weighted by atomic mass is 10.2. The van der Waals surface area contributed by atoms with Gasteiger partial charge in [-0.15, -0.1) is 0 Å². The number of nitrogens with one attached hydrogen (secondary N) is 1. The number of hydrogen-bond donors (Lipinski definition) is 1. The number of sulfonamides is 1. The van der Waals surface area contributed by atoms with Gasteiger partial charge >= 0.3 is 0 Å². The van der Waals surface area contributed by atoms with E-state index in [9.17, 15) is 13.2 Å². The average molecular weight is 352 g/mol. The van der Waals surface area contributed by atoms with Gasteiger partial charge in [0.2, 0.25) is 15.9 Å². The van der Waals surface area contributed by atoms with Crippen molar-refractivity contribution in [3.63, 3.8) is 0 Å². The number of amides is 1. The van der Waals surface area contributed by atoms with E-state index in [0.29, 0.717) is 18.4 Å². The topological polar surface area (TPSA) is 84.3 Å². The first kappa shape index (κ1) is 18.4. The average Bonchev–Trinajstić information content (AvgIpc) is 2.80. The van der Waals surface area contributed by atoms with Crippen molar-refractivity contribution in [3.05, 3.63) is 24.0 Å². The van der Waals surface area contributed by atoms with E-state index < -0.39 is 10.0 Å². The van der Waals surface area contributed by atoms with Crippen molar-refractivity contribution in [3.8, 4) is 0 Å². The monoisotopic (exact) mass is 352 g/mol. The van der Waals surface area contributed by atoms with E-state index in [2.05, 4.69) is 10.3 Å². The number of rotatable bonds is 6. The van der Waals surface area contributed by atoms with Gasteiger partial charge in [-0.3, -0.25) is 4.79 Å². The lowest BCUT2D eigenvalue weighted by Crippen LogP contribution is -2.30. The lowest BCUT2D eigenvalue weighted by Gasteiger charge is -2.10. The zero-order valence-corrected chi connectivity index (χ0v) is 15.5. The number of hydrogen-bond acceptors (Lipinski definition) is 4. The van der Waals surface area contributed by atoms with Gasteiger partial charge in [-0.25, -0.2) is 17.7 Å². The third-order valence-electron chi connectivity index (χ3n) is 3.75. The van der Waals surface area contributed by atoms with Crippen LogP contribution in [0.5, 0.6) is 0 Å². The maximum atomic E-state index is 12.2. The summed E-state index contributed by atoms with van der Waals surface area (Å²) >= 11 is 0. The second kappa shape index (κ2) is 6.90. The number of aryl methyl sites for hydroxylation is 2. The molecule has 0 bridgehead atoms. The molecular formula is C16H24N4O3S. The van der Waals surface area contributed by atoms with E-state index in [1.54, 1.807) is 18.2 Å². The molecule has 1 heterocycles. The molecule has 132 valence electrons. The number of fused-ring (bicyclic) bond motifs is 1. The number of nitrogens with zero attached hydrogens (tertiary/aromatic N) is 3. The highest BCUT2D eigenvalue weighted by molar-refractivity contribution is 7.89. The van der Waals surface area contributed by atoms with Crippen LogP contribution in [0.25, 0.3) is 11.0 Å². The van der Waals surface area contributed by atoms with Gasteiger partial charge in [-0.05, 0) is 32.0 Å². The Hall–Kier alpha value is -1.93. The van der Waals surface area contributed by atoms with Crippen molar-refractivity contribution in [2.24, 2.45) is 7.05 Å². The van der Waals surface area contributed by atoms with Crippen LogP contribution in [-0.2, 0) is 28.3 Å². The van der Waals surface area contributed by atoms with Gasteiger partial charge in [0.25, 0.3) is 0 Å². The van der Waals surface area contributed by atoms with Crippen molar-refractivity contribution in [1.29, 1.82) is 0 Å². The zero-order chi connectivity index (χ0) is 18.1. The van der Waals surface area contributed by atoms with Crippen LogP contribution in [0.1, 0.15) is 26.1 Å². The molecule has 0 unspecified atom stereocenters. The third kappa shape index (κ3) is 3.76. The smallest absolute Gasteiger partial charge is 0.242 e. The molecule has 8 heteroatoms. The van der Waals surface area contributed by atoms with Gasteiger partial charge in [0, 0.05) is 40.0 Å². The van der Waals surface area contributed by atoms with Gasteiger partial charge in [-0.2, -0.15) is 0 Å². The second-order valence-corrected chi connectivity index (χ2v) is 8.40. The Morgan fingerprint density at radius 2 is 2.00 bits per heavy atom. The highest BCUT2D eigenvalue weighted by Crippen LogP contribution is 2.21. The Kier molecular flexibility index (Phi) is 5.29. The minimum atomic E-state index is -3.49. The number of imidazole rings is 1. The van der Waals surface area contributed by atoms with Crippen molar-refractivity contribution in [2.45, 2.75) is 37.6 Å². The summed E-state index contributed by atoms with van der Waals surface area (Å²) in [5, 5.41) is 2.85. The molecule has 0 radical (unpaired) electrons. The third-order valence-corrected chi connectivity index (χ3v) is 5.56. The summed E-state index contributed by atoms with van der Waals surface area (Å²) in [6, 6.07) is 5.00. The number of carbonyl (C=O) groups excluding carboxylic acids is 1. The van der Waals surface area contributed by atoms with E-state index in [1.165, 1.54) is 18.4 Å². The van der Waals surface area contributed by atoms with E-state index in [4.69, 9.17) is 0 Å². The fraction of sp³-hybridized carbons (Fsp3) is 0.500. The molecule has 2 rings (SSSR count). The number of carbonyl (C=O) groups is 1. The molecule has 0 spiro atoms. The Balaban J connectivity index is 2.28. The predicted molar refractivity (Wildman–Crippen MR) is 93.2 cm³/mol. The van der Waals surface area contributed by atoms with Crippen LogP contribution >= 0.6 is 0 Å². The molecule has 2 aromatic rings. The molecule has 0 saturated carbocycles. The maximum absolute atomic E-state index is 12.2. The molecule has 1 N–H and O–H groups in total. The van der Waals surface area contributed by atoms with E-state index in [0.717, 1.165) is 11.3 Å². The molecule has 0 aliphatic carbocycles. The maximum Gasteiger partial charge on any atom is 0.242 e. The van der Waals surface area contributed by atoms with Crippen LogP contribution in [0.3, 0.4) is 0 Å². The Morgan fingerprint density at radius 1 is 1.33 bits per heavy atom. The molecule has 0 aliphatic heterocycles. The van der Waals surface area contributed by atoms with Gasteiger partial charge in [0.05, 0.1) is 15.9 Å². The molecule has 1 aromatic carbocycles. The van der Waals surface area contributed by atoms with Crippen molar-refractivity contribution in [1.82, 2.24) is 19.2 Å². The van der Waals surface area contributed by atoms with E-state index >= 15 is 0 Å². The summed E-state index contributed by atoms with van der Waals surface area (Å²) in [7, 11) is 1.37. The Labute approximate surface area is 142 Å². The summed E-state index contributed by atoms with van der Waals surface area (Å²) in [5.74, 6) is 0.733. The SMILES string of the molecule is CC(C)NC(=O)CCc1nc2cc(S(=O)(=O)N(C)C)ccc2n1C. The molecule has 0 saturated heterocycles. The summed E-state index contributed by atoms with van der Waals surface area (Å²) < 4.78 is 27.5. The van der Waals surface area contributed by atoms with Crippen LogP contribution in [0, 0.1) is 0 Å². The Bertz CT molecular complexity index is 854. The largest absolute Gasteiger partial charge is 0.354 e. The highest BCUT2D eigenvalue weighted by atomic mass is 32.2. The van der Waals surface area contributed by atoms with Crippen molar-refractivity contribution < 1.29 is 13.2 Å². The molecule has 0 fully saturated rings. The number of aromatic nitrogens is 2. The van der Waals surface area contributed by atoms with Crippen molar-refractivity contribution >= 4 is 27.0 Å². The van der Waals surface area contributed by atoms with Crippen LogP contribution < -0.4 is 5.32 Å². The minimum absolute atomic E-state index is 0.0204. The number of benzene rings is 1. The zero-order valence-electron chi connectivity index (χ0n) is 14.7. The normalized spacial score (nSPS) is 12.3. The standard InChI is InChI=1S/C16H24N4O3S/c1-11(2)17-16(21)9-8-15-18-13-10-12(24(22,23)19(3)4)6-7-14(13)20(15)5/h6-7,10-11H,8-9H2,1-5H3,(H,17,21). The second-order valence-electron chi connectivity index (χ2n) is 6.25. The predicted octanol–water partition coefficient (Wildman–Crippen LogP) is 1.28. The first-order valence-corrected chi connectivity index (χ1v) is 9.24. The molecule has 0 aliphatic rings. The van der Waals surface area contributed by atoms with Gasteiger partial charge in [0.15, 0.2) is 0 Å². The molecule has 1 aromatic heterocycles. The van der Waals surface area contributed by atoms with Gasteiger partial charge in [-0.1, -0.05) is 0 Å². The summed E-state index contributed by atoms with van der Waals surface area (Å²) in [5.41, 5.74) is 1.45. The summed E-state index contributed by atoms with van der Waals surface area (Å²) in [6.45, 7) is 3.83. The molecule has 7 nitrogen and oxygen atoms in total. The van der Waals surface area contributed by atoms with Crippen LogP contribution in [0.2, 0.25) is 0 Å². The van der Waals surface area contributed by atoms with E-state index in [1.807, 2.05) is 25.5 Å². The minimum Gasteiger partial charge on any atom is -0.354 e. The van der Waals surface area contributed by atoms with Gasteiger partial charge < -0.3 is 9.88 Å². The fourth-order valence-electron chi connectivity index (χ4n) is 2.44. The molecule has 1 amide bonds. The first-order valence-electron chi connectivity index (χ1n) is 7.80. The molecule has 0 atom stereocenters. The van der Waals surface area contributed by atoms with Crippen LogP contribution in [0.4, 0.5) is 0 Å². The molecular weight excluding hydrogens is 328 g/mol. The Morgan fingerprint density at radius 3 is 2.58 bits per heavy atom. The quantitative estimate of drug-likeness (QED) is 0.849. The van der Waals surface area contributed by atoms with Crippen LogP contribution in [0.15, 0.2) is 23.1 Å².